The van der Waals surface area contributed by atoms with Gasteiger partial charge in [0.15, 0.2) is 5.82 Å². The minimum atomic E-state index is -0.318. The van der Waals surface area contributed by atoms with E-state index >= 15 is 0 Å². The summed E-state index contributed by atoms with van der Waals surface area (Å²) in [5, 5.41) is 3.21. The first-order chi connectivity index (χ1) is 15.7. The van der Waals surface area contributed by atoms with Gasteiger partial charge in [0, 0.05) is 42.2 Å². The van der Waals surface area contributed by atoms with Crippen molar-refractivity contribution in [2.75, 3.05) is 11.9 Å². The second kappa shape index (κ2) is 9.02. The molecule has 1 aliphatic carbocycles. The van der Waals surface area contributed by atoms with Gasteiger partial charge in [-0.15, -0.1) is 0 Å². The van der Waals surface area contributed by atoms with Crippen molar-refractivity contribution >= 4 is 17.4 Å². The first-order valence-electron chi connectivity index (χ1n) is 11.3. The summed E-state index contributed by atoms with van der Waals surface area (Å²) in [5.41, 5.74) is 2.20. The Hall–Kier alpha value is -3.35. The molecule has 3 heterocycles. The second-order valence-electron chi connectivity index (χ2n) is 8.54. The molecule has 7 heteroatoms. The monoisotopic (exact) mass is 431 g/mol. The van der Waals surface area contributed by atoms with Crippen molar-refractivity contribution in [1.29, 1.82) is 0 Å². The maximum atomic E-state index is 13.7. The molecule has 1 aromatic carbocycles. The molecule has 1 atom stereocenters. The number of aromatic nitrogens is 3. The first kappa shape index (κ1) is 20.5. The van der Waals surface area contributed by atoms with E-state index in [1.807, 2.05) is 23.1 Å². The third-order valence-electron chi connectivity index (χ3n) is 6.34. The van der Waals surface area contributed by atoms with Crippen molar-refractivity contribution < 1.29 is 9.18 Å². The zero-order valence-electron chi connectivity index (χ0n) is 17.9. The van der Waals surface area contributed by atoms with Gasteiger partial charge >= 0.3 is 0 Å². The van der Waals surface area contributed by atoms with Crippen LogP contribution in [0.25, 0.3) is 11.3 Å². The smallest absolute Gasteiger partial charge is 0.226 e. The topological polar surface area (TPSA) is 71.0 Å². The Morgan fingerprint density at radius 2 is 1.94 bits per heavy atom. The standard InChI is InChI=1S/C25H26FN5O/c26-19-9-4-10-20(14-19)28-23-15-21(18-8-5-12-27-16-18)29-24(30-23)22-11-1-2-13-31(22)25(32)17-6-3-7-17/h4-5,8-10,12,14-17,22H,1-3,6-7,11,13H2,(H,28,29,30). The van der Waals surface area contributed by atoms with E-state index in [-0.39, 0.29) is 23.7 Å². The SMILES string of the molecule is O=C(C1CCC1)N1CCCCC1c1nc(Nc2cccc(F)c2)cc(-c2cccnc2)n1. The van der Waals surface area contributed by atoms with Crippen molar-refractivity contribution in [1.82, 2.24) is 19.9 Å². The lowest BCUT2D eigenvalue weighted by Gasteiger charge is -2.39. The van der Waals surface area contributed by atoms with E-state index in [2.05, 4.69) is 10.3 Å². The van der Waals surface area contributed by atoms with E-state index in [9.17, 15) is 9.18 Å². The van der Waals surface area contributed by atoms with Gasteiger partial charge in [-0.3, -0.25) is 9.78 Å². The highest BCUT2D eigenvalue weighted by molar-refractivity contribution is 5.80. The van der Waals surface area contributed by atoms with Crippen LogP contribution < -0.4 is 5.32 Å². The molecule has 1 saturated heterocycles. The summed E-state index contributed by atoms with van der Waals surface area (Å²) in [6.45, 7) is 0.743. The third kappa shape index (κ3) is 4.33. The minimum Gasteiger partial charge on any atom is -0.340 e. The van der Waals surface area contributed by atoms with Crippen LogP contribution >= 0.6 is 0 Å². The number of carbonyl (C=O) groups excluding carboxylic acids is 1. The zero-order chi connectivity index (χ0) is 21.9. The van der Waals surface area contributed by atoms with Crippen molar-refractivity contribution in [2.45, 2.75) is 44.6 Å². The van der Waals surface area contributed by atoms with Crippen LogP contribution in [0.4, 0.5) is 15.9 Å². The number of rotatable bonds is 5. The predicted octanol–water partition coefficient (Wildman–Crippen LogP) is 5.28. The third-order valence-corrected chi connectivity index (χ3v) is 6.34. The van der Waals surface area contributed by atoms with Gasteiger partial charge in [-0.2, -0.15) is 0 Å². The Labute approximate surface area is 186 Å². The number of carbonyl (C=O) groups is 1. The molecule has 5 rings (SSSR count). The van der Waals surface area contributed by atoms with Crippen LogP contribution in [-0.4, -0.2) is 32.3 Å². The van der Waals surface area contributed by atoms with E-state index in [1.165, 1.54) is 12.1 Å². The van der Waals surface area contributed by atoms with E-state index in [4.69, 9.17) is 9.97 Å². The Kier molecular flexibility index (Phi) is 5.79. The van der Waals surface area contributed by atoms with Crippen LogP contribution in [0.1, 0.15) is 50.4 Å². The Balaban J connectivity index is 1.53. The number of nitrogens with one attached hydrogen (secondary N) is 1. The van der Waals surface area contributed by atoms with Gasteiger partial charge in [0.25, 0.3) is 0 Å². The molecule has 1 unspecified atom stereocenters. The fraction of sp³-hybridized carbons (Fsp3) is 0.360. The van der Waals surface area contributed by atoms with E-state index in [0.29, 0.717) is 17.3 Å². The molecule has 3 aromatic rings. The molecule has 1 N–H and O–H groups in total. The quantitative estimate of drug-likeness (QED) is 0.595. The minimum absolute atomic E-state index is 0.141. The Morgan fingerprint density at radius 1 is 1.03 bits per heavy atom. The Bertz CT molecular complexity index is 1100. The maximum Gasteiger partial charge on any atom is 0.226 e. The lowest BCUT2D eigenvalue weighted by molar-refractivity contribution is -0.142. The van der Waals surface area contributed by atoms with Crippen molar-refractivity contribution in [3.63, 3.8) is 0 Å². The van der Waals surface area contributed by atoms with Gasteiger partial charge in [-0.05, 0) is 62.4 Å². The number of hydrogen-bond donors (Lipinski definition) is 1. The van der Waals surface area contributed by atoms with E-state index in [0.717, 1.165) is 56.3 Å². The van der Waals surface area contributed by atoms with Gasteiger partial charge in [0.2, 0.25) is 5.91 Å². The molecule has 0 radical (unpaired) electrons. The van der Waals surface area contributed by atoms with Gasteiger partial charge in [0.1, 0.15) is 11.6 Å². The molecule has 6 nitrogen and oxygen atoms in total. The number of pyridine rings is 1. The van der Waals surface area contributed by atoms with Gasteiger partial charge < -0.3 is 10.2 Å². The number of anilines is 2. The normalized spacial score (nSPS) is 18.8. The molecular formula is C25H26FN5O. The highest BCUT2D eigenvalue weighted by Gasteiger charge is 2.36. The van der Waals surface area contributed by atoms with Gasteiger partial charge in [-0.25, -0.2) is 14.4 Å². The maximum absolute atomic E-state index is 13.7. The average molecular weight is 432 g/mol. The summed E-state index contributed by atoms with van der Waals surface area (Å²) in [5.74, 6) is 1.25. The molecule has 1 aliphatic heterocycles. The van der Waals surface area contributed by atoms with E-state index in [1.54, 1.807) is 24.5 Å². The zero-order valence-corrected chi connectivity index (χ0v) is 17.9. The number of piperidine rings is 1. The highest BCUT2D eigenvalue weighted by atomic mass is 19.1. The van der Waals surface area contributed by atoms with Gasteiger partial charge in [0.05, 0.1) is 11.7 Å². The molecule has 2 aliphatic rings. The fourth-order valence-electron chi connectivity index (χ4n) is 4.41. The second-order valence-corrected chi connectivity index (χ2v) is 8.54. The Morgan fingerprint density at radius 3 is 2.69 bits per heavy atom. The van der Waals surface area contributed by atoms with Crippen LogP contribution in [0.15, 0.2) is 54.9 Å². The molecule has 2 aromatic heterocycles. The molecule has 164 valence electrons. The summed E-state index contributed by atoms with van der Waals surface area (Å²) in [7, 11) is 0. The van der Waals surface area contributed by atoms with E-state index < -0.39 is 0 Å². The number of hydrogen-bond acceptors (Lipinski definition) is 5. The van der Waals surface area contributed by atoms with Crippen molar-refractivity contribution in [3.8, 4) is 11.3 Å². The van der Waals surface area contributed by atoms with Crippen LogP contribution in [0.5, 0.6) is 0 Å². The number of nitrogens with zero attached hydrogens (tertiary/aromatic N) is 4. The lowest BCUT2D eigenvalue weighted by atomic mass is 9.83. The van der Waals surface area contributed by atoms with Crippen LogP contribution in [0.2, 0.25) is 0 Å². The summed E-state index contributed by atoms with van der Waals surface area (Å²) >= 11 is 0. The fourth-order valence-corrected chi connectivity index (χ4v) is 4.41. The first-order valence-corrected chi connectivity index (χ1v) is 11.3. The summed E-state index contributed by atoms with van der Waals surface area (Å²) < 4.78 is 13.7. The summed E-state index contributed by atoms with van der Waals surface area (Å²) in [6.07, 6.45) is 9.44. The molecule has 1 saturated carbocycles. The molecular weight excluding hydrogens is 405 g/mol. The highest BCUT2D eigenvalue weighted by Crippen LogP contribution is 2.36. The average Bonchev–Trinajstić information content (AvgIpc) is 2.78. The summed E-state index contributed by atoms with van der Waals surface area (Å²) in [6, 6.07) is 11.8. The molecule has 0 bridgehead atoms. The number of likely N-dealkylation sites (tertiary alicyclic amines) is 1. The summed E-state index contributed by atoms with van der Waals surface area (Å²) in [4.78, 5) is 29.0. The lowest BCUT2D eigenvalue weighted by Crippen LogP contribution is -2.44. The predicted molar refractivity (Wildman–Crippen MR) is 121 cm³/mol. The van der Waals surface area contributed by atoms with Crippen molar-refractivity contribution in [3.05, 3.63) is 66.5 Å². The molecule has 2 fully saturated rings. The largest absolute Gasteiger partial charge is 0.340 e. The molecule has 32 heavy (non-hydrogen) atoms. The number of benzene rings is 1. The van der Waals surface area contributed by atoms with Crippen molar-refractivity contribution in [2.24, 2.45) is 5.92 Å². The van der Waals surface area contributed by atoms with Gasteiger partial charge in [-0.1, -0.05) is 12.5 Å². The number of amides is 1. The van der Waals surface area contributed by atoms with Crippen LogP contribution in [0.3, 0.4) is 0 Å². The molecule has 0 spiro atoms. The van der Waals surface area contributed by atoms with Crippen LogP contribution in [0, 0.1) is 11.7 Å². The molecule has 1 amide bonds. The number of halogens is 1. The van der Waals surface area contributed by atoms with Crippen LogP contribution in [-0.2, 0) is 4.79 Å².